The van der Waals surface area contributed by atoms with Crippen molar-refractivity contribution in [3.63, 3.8) is 0 Å². The molecular weight excluding hydrogens is 186 g/mol. The molecule has 1 saturated carbocycles. The van der Waals surface area contributed by atoms with Crippen molar-refractivity contribution in [2.24, 2.45) is 16.1 Å². The van der Waals surface area contributed by atoms with Gasteiger partial charge in [0, 0.05) is 11.0 Å². The van der Waals surface area contributed by atoms with Crippen LogP contribution in [0.25, 0.3) is 0 Å². The molecule has 15 heavy (non-hydrogen) atoms. The largest absolute Gasteiger partial charge is 0.387 e. The lowest BCUT2D eigenvalue weighted by atomic mass is 9.75. The molecule has 3 heteroatoms. The van der Waals surface area contributed by atoms with Crippen LogP contribution in [-0.2, 0) is 0 Å². The Hall–Kier alpha value is -0.570. The molecule has 1 rings (SSSR count). The van der Waals surface area contributed by atoms with Crippen molar-refractivity contribution in [1.29, 1.82) is 0 Å². The quantitative estimate of drug-likeness (QED) is 0.572. The zero-order valence-corrected chi connectivity index (χ0v) is 10.8. The van der Waals surface area contributed by atoms with Gasteiger partial charge in [-0.25, -0.2) is 0 Å². The fourth-order valence-corrected chi connectivity index (χ4v) is 1.80. The maximum atomic E-state index is 5.97. The summed E-state index contributed by atoms with van der Waals surface area (Å²) in [4.78, 5) is 6.87. The normalized spacial score (nSPS) is 21.6. The molecular formula is C12H25N3. The third-order valence-electron chi connectivity index (χ3n) is 3.55. The van der Waals surface area contributed by atoms with E-state index in [1.807, 2.05) is 0 Å². The van der Waals surface area contributed by atoms with Crippen LogP contribution in [0.4, 0.5) is 0 Å². The number of likely N-dealkylation sites (N-methyl/N-ethyl adjacent to an activating group) is 1. The molecule has 3 nitrogen and oxygen atoms in total. The van der Waals surface area contributed by atoms with Gasteiger partial charge in [-0.15, -0.1) is 0 Å². The van der Waals surface area contributed by atoms with Crippen molar-refractivity contribution in [3.05, 3.63) is 0 Å². The van der Waals surface area contributed by atoms with E-state index in [1.54, 1.807) is 0 Å². The summed E-state index contributed by atoms with van der Waals surface area (Å²) in [6.45, 7) is 7.17. The minimum absolute atomic E-state index is 0.00273. The molecule has 0 radical (unpaired) electrons. The number of nitrogens with two attached hydrogens (primary N) is 1. The second kappa shape index (κ2) is 4.12. The first-order valence-corrected chi connectivity index (χ1v) is 5.76. The first kappa shape index (κ1) is 12.5. The van der Waals surface area contributed by atoms with Gasteiger partial charge in [-0.1, -0.05) is 20.8 Å². The van der Waals surface area contributed by atoms with Crippen LogP contribution in [-0.4, -0.2) is 36.9 Å². The third-order valence-corrected chi connectivity index (χ3v) is 3.55. The van der Waals surface area contributed by atoms with Crippen LogP contribution in [0, 0.1) is 5.41 Å². The molecule has 0 atom stereocenters. The van der Waals surface area contributed by atoms with E-state index in [4.69, 9.17) is 5.73 Å². The van der Waals surface area contributed by atoms with E-state index in [0.29, 0.717) is 0 Å². The minimum Gasteiger partial charge on any atom is -0.387 e. The van der Waals surface area contributed by atoms with E-state index < -0.39 is 0 Å². The highest BCUT2D eigenvalue weighted by Crippen LogP contribution is 2.36. The molecule has 0 aliphatic heterocycles. The highest BCUT2D eigenvalue weighted by Gasteiger charge is 2.39. The van der Waals surface area contributed by atoms with Crippen molar-refractivity contribution in [1.82, 2.24) is 4.90 Å². The fraction of sp³-hybridized carbons (Fsp3) is 0.917. The second-order valence-electron chi connectivity index (χ2n) is 5.92. The molecule has 1 fully saturated rings. The molecule has 0 aromatic rings. The number of nitrogens with zero attached hydrogens (tertiary/aromatic N) is 2. The SMILES string of the molecule is CN(C)C1(CN=C(N)C(C)(C)C)CCC1. The van der Waals surface area contributed by atoms with Crippen LogP contribution in [0.15, 0.2) is 4.99 Å². The van der Waals surface area contributed by atoms with E-state index in [0.717, 1.165) is 12.4 Å². The Morgan fingerprint density at radius 2 is 1.87 bits per heavy atom. The van der Waals surface area contributed by atoms with Gasteiger partial charge in [-0.2, -0.15) is 0 Å². The molecule has 0 spiro atoms. The van der Waals surface area contributed by atoms with Crippen molar-refractivity contribution >= 4 is 5.84 Å². The summed E-state index contributed by atoms with van der Waals surface area (Å²) in [6, 6.07) is 0. The summed E-state index contributed by atoms with van der Waals surface area (Å²) in [6.07, 6.45) is 3.82. The predicted octanol–water partition coefficient (Wildman–Crippen LogP) is 1.87. The Morgan fingerprint density at radius 1 is 1.33 bits per heavy atom. The summed E-state index contributed by atoms with van der Waals surface area (Å²) in [7, 11) is 4.28. The van der Waals surface area contributed by atoms with Gasteiger partial charge in [-0.05, 0) is 33.4 Å². The van der Waals surface area contributed by atoms with Crippen LogP contribution in [0.3, 0.4) is 0 Å². The number of amidine groups is 1. The van der Waals surface area contributed by atoms with Crippen LogP contribution < -0.4 is 5.73 Å². The van der Waals surface area contributed by atoms with E-state index in [2.05, 4.69) is 44.8 Å². The smallest absolute Gasteiger partial charge is 0.0992 e. The van der Waals surface area contributed by atoms with Gasteiger partial charge in [0.1, 0.15) is 0 Å². The number of hydrogen-bond acceptors (Lipinski definition) is 2. The molecule has 0 aromatic heterocycles. The Morgan fingerprint density at radius 3 is 2.13 bits per heavy atom. The maximum absolute atomic E-state index is 5.97. The third kappa shape index (κ3) is 2.71. The predicted molar refractivity (Wildman–Crippen MR) is 66.2 cm³/mol. The Bertz CT molecular complexity index is 244. The molecule has 2 N–H and O–H groups in total. The van der Waals surface area contributed by atoms with E-state index in [1.165, 1.54) is 19.3 Å². The monoisotopic (exact) mass is 211 g/mol. The lowest BCUT2D eigenvalue weighted by Gasteiger charge is -2.46. The minimum atomic E-state index is -0.00273. The Kier molecular flexibility index (Phi) is 3.44. The first-order valence-electron chi connectivity index (χ1n) is 5.76. The Balaban J connectivity index is 2.62. The summed E-state index contributed by atoms with van der Waals surface area (Å²) >= 11 is 0. The standard InChI is InChI=1S/C12H25N3/c1-11(2,3)10(13)14-9-12(15(4)5)7-6-8-12/h6-9H2,1-5H3,(H2,13,14). The van der Waals surface area contributed by atoms with Gasteiger partial charge in [0.25, 0.3) is 0 Å². The van der Waals surface area contributed by atoms with Crippen LogP contribution in [0.1, 0.15) is 40.0 Å². The summed E-state index contributed by atoms with van der Waals surface area (Å²) in [5, 5.41) is 0. The molecule has 1 aliphatic carbocycles. The molecule has 0 saturated heterocycles. The van der Waals surface area contributed by atoms with Gasteiger partial charge < -0.3 is 10.6 Å². The highest BCUT2D eigenvalue weighted by molar-refractivity contribution is 5.85. The topological polar surface area (TPSA) is 41.6 Å². The molecule has 1 aliphatic rings. The highest BCUT2D eigenvalue weighted by atomic mass is 15.2. The fourth-order valence-electron chi connectivity index (χ4n) is 1.80. The van der Waals surface area contributed by atoms with Gasteiger partial charge >= 0.3 is 0 Å². The number of rotatable bonds is 3. The first-order chi connectivity index (χ1) is 6.78. The van der Waals surface area contributed by atoms with Crippen LogP contribution in [0.5, 0.6) is 0 Å². The zero-order chi connectivity index (χ0) is 11.7. The molecule has 0 bridgehead atoms. The molecule has 0 heterocycles. The van der Waals surface area contributed by atoms with Crippen molar-refractivity contribution in [2.75, 3.05) is 20.6 Å². The van der Waals surface area contributed by atoms with E-state index >= 15 is 0 Å². The summed E-state index contributed by atoms with van der Waals surface area (Å²) in [5.74, 6) is 0.774. The van der Waals surface area contributed by atoms with Gasteiger partial charge in [-0.3, -0.25) is 4.99 Å². The molecule has 0 amide bonds. The average Bonchev–Trinajstić information content (AvgIpc) is 1.99. The van der Waals surface area contributed by atoms with Gasteiger partial charge in [0.2, 0.25) is 0 Å². The van der Waals surface area contributed by atoms with Crippen LogP contribution in [0.2, 0.25) is 0 Å². The van der Waals surface area contributed by atoms with Gasteiger partial charge in [0.05, 0.1) is 12.4 Å². The second-order valence-corrected chi connectivity index (χ2v) is 5.92. The van der Waals surface area contributed by atoms with Crippen molar-refractivity contribution < 1.29 is 0 Å². The molecule has 88 valence electrons. The van der Waals surface area contributed by atoms with Crippen molar-refractivity contribution in [3.8, 4) is 0 Å². The van der Waals surface area contributed by atoms with E-state index in [9.17, 15) is 0 Å². The van der Waals surface area contributed by atoms with Gasteiger partial charge in [0.15, 0.2) is 0 Å². The van der Waals surface area contributed by atoms with E-state index in [-0.39, 0.29) is 11.0 Å². The molecule has 0 unspecified atom stereocenters. The van der Waals surface area contributed by atoms with Crippen molar-refractivity contribution in [2.45, 2.75) is 45.6 Å². The Labute approximate surface area is 93.7 Å². The average molecular weight is 211 g/mol. The summed E-state index contributed by atoms with van der Waals surface area (Å²) in [5.41, 5.74) is 6.25. The lowest BCUT2D eigenvalue weighted by molar-refractivity contribution is 0.0698. The van der Waals surface area contributed by atoms with Crippen LogP contribution >= 0.6 is 0 Å². The number of aliphatic imine (C=N–C) groups is 1. The zero-order valence-electron chi connectivity index (χ0n) is 10.8. The lowest BCUT2D eigenvalue weighted by Crippen LogP contribution is -2.53. The maximum Gasteiger partial charge on any atom is 0.0992 e. The molecule has 0 aromatic carbocycles. The number of hydrogen-bond donors (Lipinski definition) is 1. The summed E-state index contributed by atoms with van der Waals surface area (Å²) < 4.78 is 0.